The normalized spacial score (nSPS) is 26.7. The number of aliphatic hydroxyl groups excluding tert-OH is 7. The highest BCUT2D eigenvalue weighted by atomic mass is 16.7. The zero-order valence-corrected chi connectivity index (χ0v) is 39.9. The first-order valence-corrected chi connectivity index (χ1v) is 24.9. The van der Waals surface area contributed by atoms with Crippen molar-refractivity contribution in [1.29, 1.82) is 0 Å². The fourth-order valence-corrected chi connectivity index (χ4v) is 7.30. The summed E-state index contributed by atoms with van der Waals surface area (Å²) in [5.41, 5.74) is 0. The molecule has 66 heavy (non-hydrogen) atoms. The summed E-state index contributed by atoms with van der Waals surface area (Å²) in [5, 5.41) is 72.0. The maximum atomic E-state index is 13.0. The van der Waals surface area contributed by atoms with Gasteiger partial charge in [-0.2, -0.15) is 0 Å². The highest BCUT2D eigenvalue weighted by molar-refractivity contribution is 5.70. The van der Waals surface area contributed by atoms with Gasteiger partial charge in [-0.3, -0.25) is 9.59 Å². The van der Waals surface area contributed by atoms with Crippen LogP contribution in [0.2, 0.25) is 0 Å². The van der Waals surface area contributed by atoms with Crippen LogP contribution in [0, 0.1) is 0 Å². The van der Waals surface area contributed by atoms with E-state index in [4.69, 9.17) is 28.4 Å². The number of carbonyl (C=O) groups excluding carboxylic acids is 2. The van der Waals surface area contributed by atoms with E-state index >= 15 is 0 Å². The molecule has 7 N–H and O–H groups in total. The Hall–Kier alpha value is -2.80. The lowest BCUT2D eigenvalue weighted by Gasteiger charge is -2.42. The highest BCUT2D eigenvalue weighted by Crippen LogP contribution is 2.26. The second-order valence-corrected chi connectivity index (χ2v) is 17.3. The van der Waals surface area contributed by atoms with E-state index in [-0.39, 0.29) is 19.4 Å². The third-order valence-corrected chi connectivity index (χ3v) is 11.5. The molecule has 2 saturated heterocycles. The molecule has 0 aromatic heterocycles. The minimum atomic E-state index is -1.77. The van der Waals surface area contributed by atoms with Gasteiger partial charge in [-0.25, -0.2) is 0 Å². The highest BCUT2D eigenvalue weighted by Gasteiger charge is 2.47. The van der Waals surface area contributed by atoms with Crippen LogP contribution >= 0.6 is 0 Å². The third kappa shape index (κ3) is 26.1. The van der Waals surface area contributed by atoms with Gasteiger partial charge in [-0.15, -0.1) is 0 Å². The minimum absolute atomic E-state index is 0.123. The Morgan fingerprint density at radius 3 is 1.50 bits per heavy atom. The van der Waals surface area contributed by atoms with E-state index in [2.05, 4.69) is 74.6 Å². The summed E-state index contributed by atoms with van der Waals surface area (Å²) < 4.78 is 33.5. The Balaban J connectivity index is 1.84. The molecule has 15 nitrogen and oxygen atoms in total. The van der Waals surface area contributed by atoms with E-state index in [9.17, 15) is 45.3 Å². The molecule has 0 radical (unpaired) electrons. The monoisotopic (exact) mass is 939 g/mol. The minimum Gasteiger partial charge on any atom is -0.462 e. The average Bonchev–Trinajstić information content (AvgIpc) is 3.31. The molecule has 0 bridgehead atoms. The predicted molar refractivity (Wildman–Crippen MR) is 252 cm³/mol. The van der Waals surface area contributed by atoms with E-state index in [1.807, 2.05) is 0 Å². The SMILES string of the molecule is CCCC/C=C/CCCCCCCC(=O)OC[C@H](CO[C@H]1O[C@@H](CO[C@H]2O[C@@H](CO)[C@@H](O)C(O)C2O)[C@@H](O)C(O)C1O)OC(=O)CCCCC/C=C/C/C=C/C/C=C/C/C=C/CCCCC. The molecule has 4 unspecified atom stereocenters. The largest absolute Gasteiger partial charge is 0.462 e. The van der Waals surface area contributed by atoms with Crippen LogP contribution in [0.5, 0.6) is 0 Å². The number of hydrogen-bond acceptors (Lipinski definition) is 15. The quantitative estimate of drug-likeness (QED) is 0.0201. The molecular formula is C51H86O15. The Bertz CT molecular complexity index is 1380. The molecule has 15 heteroatoms. The summed E-state index contributed by atoms with van der Waals surface area (Å²) in [5.74, 6) is -0.978. The molecule has 2 rings (SSSR count). The van der Waals surface area contributed by atoms with Crippen LogP contribution < -0.4 is 0 Å². The lowest BCUT2D eigenvalue weighted by molar-refractivity contribution is -0.332. The van der Waals surface area contributed by atoms with E-state index in [0.29, 0.717) is 12.8 Å². The van der Waals surface area contributed by atoms with Gasteiger partial charge in [0, 0.05) is 12.8 Å². The van der Waals surface area contributed by atoms with Crippen molar-refractivity contribution in [2.24, 2.45) is 0 Å². The molecule has 0 spiro atoms. The van der Waals surface area contributed by atoms with Crippen LogP contribution in [0.25, 0.3) is 0 Å². The van der Waals surface area contributed by atoms with Crippen molar-refractivity contribution in [1.82, 2.24) is 0 Å². The predicted octanol–water partition coefficient (Wildman–Crippen LogP) is 6.49. The van der Waals surface area contributed by atoms with Crippen molar-refractivity contribution in [2.45, 2.75) is 223 Å². The fraction of sp³-hybridized carbons (Fsp3) is 0.765. The van der Waals surface area contributed by atoms with Gasteiger partial charge < -0.3 is 64.2 Å². The summed E-state index contributed by atoms with van der Waals surface area (Å²) in [7, 11) is 0. The van der Waals surface area contributed by atoms with Crippen LogP contribution in [-0.2, 0) is 38.0 Å². The van der Waals surface area contributed by atoms with Crippen molar-refractivity contribution in [3.05, 3.63) is 60.8 Å². The number of esters is 2. The molecule has 0 aromatic carbocycles. The summed E-state index contributed by atoms with van der Waals surface area (Å²) in [4.78, 5) is 25.7. The molecule has 2 fully saturated rings. The number of ether oxygens (including phenoxy) is 6. The zero-order chi connectivity index (χ0) is 48.2. The van der Waals surface area contributed by atoms with E-state index < -0.39 is 99.3 Å². The number of unbranched alkanes of at least 4 members (excludes halogenated alkanes) is 13. The first-order chi connectivity index (χ1) is 32.0. The van der Waals surface area contributed by atoms with Gasteiger partial charge in [0.2, 0.25) is 0 Å². The molecular weight excluding hydrogens is 853 g/mol. The van der Waals surface area contributed by atoms with Crippen molar-refractivity contribution in [2.75, 3.05) is 26.4 Å². The van der Waals surface area contributed by atoms with Gasteiger partial charge in [0.1, 0.15) is 55.4 Å². The molecule has 0 saturated carbocycles. The smallest absolute Gasteiger partial charge is 0.306 e. The van der Waals surface area contributed by atoms with E-state index in [1.54, 1.807) is 0 Å². The standard InChI is InChI=1S/C51H86O15/c1-3-5-7-9-11-13-15-16-17-18-19-20-21-22-24-26-28-30-32-34-43(54)64-39(36-61-42(53)33-31-29-27-25-23-14-12-10-8-6-4-2)37-62-50-49(60)47(58)45(56)41(66-50)38-63-51-48(59)46(57)44(55)40(35-52)65-51/h10-13,16-17,19-20,22,24,39-41,44-52,55-60H,3-9,14-15,18,21,23,25-38H2,1-2H3/b12-10+,13-11+,17-16+,20-19+,24-22+/t39-,40+,41+,44-,45-,46?,47?,48?,49?,50+,51+/m1/s1. The number of allylic oxidation sites excluding steroid dienone is 10. The van der Waals surface area contributed by atoms with Crippen molar-refractivity contribution in [3.63, 3.8) is 0 Å². The van der Waals surface area contributed by atoms with E-state index in [1.165, 1.54) is 32.1 Å². The second kappa shape index (κ2) is 38.1. The summed E-state index contributed by atoms with van der Waals surface area (Å²) >= 11 is 0. The molecule has 2 heterocycles. The summed E-state index contributed by atoms with van der Waals surface area (Å²) in [6.45, 7) is 2.45. The number of rotatable bonds is 37. The fourth-order valence-electron chi connectivity index (χ4n) is 7.30. The Kier molecular flexibility index (Phi) is 34.2. The molecule has 2 aliphatic rings. The zero-order valence-electron chi connectivity index (χ0n) is 39.9. The summed E-state index contributed by atoms with van der Waals surface area (Å²) in [6.07, 6.45) is 25.4. The molecule has 2 aliphatic heterocycles. The van der Waals surface area contributed by atoms with Crippen LogP contribution in [0.1, 0.15) is 155 Å². The van der Waals surface area contributed by atoms with Gasteiger partial charge in [0.15, 0.2) is 18.7 Å². The van der Waals surface area contributed by atoms with Crippen LogP contribution in [-0.4, -0.2) is 142 Å². The Morgan fingerprint density at radius 1 is 0.485 bits per heavy atom. The maximum absolute atomic E-state index is 13.0. The van der Waals surface area contributed by atoms with E-state index in [0.717, 1.165) is 83.5 Å². The number of aliphatic hydroxyl groups is 7. The van der Waals surface area contributed by atoms with Crippen LogP contribution in [0.4, 0.5) is 0 Å². The first kappa shape index (κ1) is 59.3. The average molecular weight is 939 g/mol. The third-order valence-electron chi connectivity index (χ3n) is 11.5. The number of hydrogen-bond donors (Lipinski definition) is 7. The van der Waals surface area contributed by atoms with Crippen LogP contribution in [0.15, 0.2) is 60.8 Å². The van der Waals surface area contributed by atoms with Crippen molar-refractivity contribution in [3.8, 4) is 0 Å². The van der Waals surface area contributed by atoms with Gasteiger partial charge in [-0.1, -0.05) is 126 Å². The molecule has 0 amide bonds. The van der Waals surface area contributed by atoms with Gasteiger partial charge in [0.25, 0.3) is 0 Å². The first-order valence-electron chi connectivity index (χ1n) is 24.9. The van der Waals surface area contributed by atoms with Gasteiger partial charge in [-0.05, 0) is 77.0 Å². The lowest BCUT2D eigenvalue weighted by atomic mass is 9.98. The second-order valence-electron chi connectivity index (χ2n) is 17.3. The van der Waals surface area contributed by atoms with Crippen molar-refractivity contribution >= 4 is 11.9 Å². The molecule has 0 aliphatic carbocycles. The number of carbonyl (C=O) groups is 2. The Labute approximate surface area is 394 Å². The van der Waals surface area contributed by atoms with Crippen LogP contribution in [0.3, 0.4) is 0 Å². The van der Waals surface area contributed by atoms with Gasteiger partial charge >= 0.3 is 11.9 Å². The van der Waals surface area contributed by atoms with Crippen molar-refractivity contribution < 1.29 is 73.8 Å². The topological polar surface area (TPSA) is 231 Å². The molecule has 0 aromatic rings. The Morgan fingerprint density at radius 2 is 0.924 bits per heavy atom. The lowest BCUT2D eigenvalue weighted by Crippen LogP contribution is -2.61. The molecule has 380 valence electrons. The summed E-state index contributed by atoms with van der Waals surface area (Å²) in [6, 6.07) is 0. The van der Waals surface area contributed by atoms with Gasteiger partial charge in [0.05, 0.1) is 19.8 Å². The molecule has 11 atom stereocenters. The maximum Gasteiger partial charge on any atom is 0.306 e.